The summed E-state index contributed by atoms with van der Waals surface area (Å²) in [7, 11) is 4.07. The molecule has 3 heteroatoms. The van der Waals surface area contributed by atoms with E-state index in [1.54, 1.807) is 0 Å². The molecular formula is C14H20N2O. The van der Waals surface area contributed by atoms with Crippen LogP contribution in [0.5, 0.6) is 0 Å². The molecule has 1 amide bonds. The fourth-order valence-corrected chi connectivity index (χ4v) is 2.26. The van der Waals surface area contributed by atoms with Gasteiger partial charge in [-0.2, -0.15) is 0 Å². The quantitative estimate of drug-likeness (QED) is 0.786. The van der Waals surface area contributed by atoms with Gasteiger partial charge in [0.2, 0.25) is 5.91 Å². The van der Waals surface area contributed by atoms with Gasteiger partial charge in [0.05, 0.1) is 0 Å². The Hall–Kier alpha value is -1.35. The topological polar surface area (TPSA) is 23.6 Å². The Bertz CT molecular complexity index is 375. The number of rotatable bonds is 4. The molecule has 1 aromatic carbocycles. The molecule has 1 aliphatic rings. The SMILES string of the molecule is CN(C)CCN1CC(c2ccccc2)CC1=O. The first-order valence-electron chi connectivity index (χ1n) is 6.14. The van der Waals surface area contributed by atoms with Crippen molar-refractivity contribution in [3.63, 3.8) is 0 Å². The molecule has 92 valence electrons. The lowest BCUT2D eigenvalue weighted by Crippen LogP contribution is -2.32. The number of amides is 1. The van der Waals surface area contributed by atoms with E-state index in [1.807, 2.05) is 37.2 Å². The largest absolute Gasteiger partial charge is 0.341 e. The molecule has 0 bridgehead atoms. The number of hydrogen-bond donors (Lipinski definition) is 0. The number of benzene rings is 1. The first-order chi connectivity index (χ1) is 8.16. The van der Waals surface area contributed by atoms with Gasteiger partial charge in [-0.25, -0.2) is 0 Å². The number of likely N-dealkylation sites (N-methyl/N-ethyl adjacent to an activating group) is 1. The zero-order valence-electron chi connectivity index (χ0n) is 10.6. The van der Waals surface area contributed by atoms with Crippen molar-refractivity contribution < 1.29 is 4.79 Å². The lowest BCUT2D eigenvalue weighted by molar-refractivity contribution is -0.127. The second-order valence-corrected chi connectivity index (χ2v) is 4.95. The van der Waals surface area contributed by atoms with Gasteiger partial charge in [-0.3, -0.25) is 4.79 Å². The highest BCUT2D eigenvalue weighted by Crippen LogP contribution is 2.27. The zero-order valence-corrected chi connectivity index (χ0v) is 10.6. The van der Waals surface area contributed by atoms with E-state index in [0.717, 1.165) is 19.6 Å². The van der Waals surface area contributed by atoms with E-state index in [2.05, 4.69) is 17.0 Å². The molecule has 0 saturated carbocycles. The summed E-state index contributed by atoms with van der Waals surface area (Å²) in [4.78, 5) is 16.0. The lowest BCUT2D eigenvalue weighted by atomic mass is 9.99. The van der Waals surface area contributed by atoms with Crippen LogP contribution in [0.3, 0.4) is 0 Å². The predicted octanol–water partition coefficient (Wildman–Crippen LogP) is 1.56. The number of likely N-dealkylation sites (tertiary alicyclic amines) is 1. The molecule has 2 rings (SSSR count). The molecule has 1 fully saturated rings. The maximum atomic E-state index is 11.9. The molecule has 0 spiro atoms. The van der Waals surface area contributed by atoms with Gasteiger partial charge in [-0.1, -0.05) is 30.3 Å². The van der Waals surface area contributed by atoms with Crippen LogP contribution in [0.2, 0.25) is 0 Å². The zero-order chi connectivity index (χ0) is 12.3. The van der Waals surface area contributed by atoms with E-state index in [4.69, 9.17) is 0 Å². The normalized spacial score (nSPS) is 20.3. The van der Waals surface area contributed by atoms with Crippen molar-refractivity contribution in [1.82, 2.24) is 9.80 Å². The van der Waals surface area contributed by atoms with Crippen LogP contribution in [0.25, 0.3) is 0 Å². The number of hydrogen-bond acceptors (Lipinski definition) is 2. The minimum Gasteiger partial charge on any atom is -0.341 e. The second-order valence-electron chi connectivity index (χ2n) is 4.95. The van der Waals surface area contributed by atoms with Gasteiger partial charge in [-0.05, 0) is 19.7 Å². The Balaban J connectivity index is 1.95. The molecule has 1 heterocycles. The highest BCUT2D eigenvalue weighted by Gasteiger charge is 2.29. The second kappa shape index (κ2) is 5.32. The highest BCUT2D eigenvalue weighted by molar-refractivity contribution is 5.79. The van der Waals surface area contributed by atoms with Crippen LogP contribution in [0.1, 0.15) is 17.9 Å². The fourth-order valence-electron chi connectivity index (χ4n) is 2.26. The van der Waals surface area contributed by atoms with Gasteiger partial charge in [0.1, 0.15) is 0 Å². The molecule has 1 atom stereocenters. The molecule has 1 saturated heterocycles. The minimum atomic E-state index is 0.292. The van der Waals surface area contributed by atoms with Crippen molar-refractivity contribution in [3.8, 4) is 0 Å². The first-order valence-corrected chi connectivity index (χ1v) is 6.14. The highest BCUT2D eigenvalue weighted by atomic mass is 16.2. The molecular weight excluding hydrogens is 212 g/mol. The Labute approximate surface area is 103 Å². The number of carbonyl (C=O) groups excluding carboxylic acids is 1. The van der Waals surface area contributed by atoms with Crippen molar-refractivity contribution in [3.05, 3.63) is 35.9 Å². The monoisotopic (exact) mass is 232 g/mol. The van der Waals surface area contributed by atoms with Crippen LogP contribution in [0.4, 0.5) is 0 Å². The predicted molar refractivity (Wildman–Crippen MR) is 68.9 cm³/mol. The number of nitrogens with zero attached hydrogens (tertiary/aromatic N) is 2. The van der Waals surface area contributed by atoms with Crippen LogP contribution in [0.15, 0.2) is 30.3 Å². The molecule has 1 unspecified atom stereocenters. The van der Waals surface area contributed by atoms with Gasteiger partial charge >= 0.3 is 0 Å². The number of carbonyl (C=O) groups is 1. The van der Waals surface area contributed by atoms with Crippen molar-refractivity contribution in [2.24, 2.45) is 0 Å². The molecule has 17 heavy (non-hydrogen) atoms. The van der Waals surface area contributed by atoms with Crippen LogP contribution in [0, 0.1) is 0 Å². The average molecular weight is 232 g/mol. The van der Waals surface area contributed by atoms with Crippen molar-refractivity contribution >= 4 is 5.91 Å². The van der Waals surface area contributed by atoms with Crippen molar-refractivity contribution in [2.45, 2.75) is 12.3 Å². The minimum absolute atomic E-state index is 0.292. The standard InChI is InChI=1S/C14H20N2O/c1-15(2)8-9-16-11-13(10-14(16)17)12-6-4-3-5-7-12/h3-7,13H,8-11H2,1-2H3. The van der Waals surface area contributed by atoms with E-state index in [-0.39, 0.29) is 0 Å². The molecule has 0 aromatic heterocycles. The third kappa shape index (κ3) is 3.07. The van der Waals surface area contributed by atoms with Gasteiger partial charge in [0.15, 0.2) is 0 Å². The van der Waals surface area contributed by atoms with Crippen molar-refractivity contribution in [1.29, 1.82) is 0 Å². The maximum Gasteiger partial charge on any atom is 0.223 e. The maximum absolute atomic E-state index is 11.9. The van der Waals surface area contributed by atoms with Crippen molar-refractivity contribution in [2.75, 3.05) is 33.7 Å². The third-order valence-corrected chi connectivity index (χ3v) is 3.30. The molecule has 0 N–H and O–H groups in total. The van der Waals surface area contributed by atoms with E-state index in [0.29, 0.717) is 18.2 Å². The Morgan fingerprint density at radius 3 is 2.65 bits per heavy atom. The molecule has 3 nitrogen and oxygen atoms in total. The summed E-state index contributed by atoms with van der Waals surface area (Å²) in [5, 5.41) is 0. The summed E-state index contributed by atoms with van der Waals surface area (Å²) < 4.78 is 0. The fraction of sp³-hybridized carbons (Fsp3) is 0.500. The van der Waals surface area contributed by atoms with Gasteiger partial charge in [-0.15, -0.1) is 0 Å². The van der Waals surface area contributed by atoms with Crippen LogP contribution in [-0.4, -0.2) is 49.4 Å². The summed E-state index contributed by atoms with van der Waals surface area (Å²) >= 11 is 0. The Morgan fingerprint density at radius 2 is 2.00 bits per heavy atom. The van der Waals surface area contributed by atoms with Crippen LogP contribution in [-0.2, 0) is 4.79 Å². The smallest absolute Gasteiger partial charge is 0.223 e. The van der Waals surface area contributed by atoms with E-state index in [9.17, 15) is 4.79 Å². The van der Waals surface area contributed by atoms with Gasteiger partial charge in [0, 0.05) is 32.0 Å². The summed E-state index contributed by atoms with van der Waals surface area (Å²) in [6, 6.07) is 10.3. The Kier molecular flexibility index (Phi) is 3.79. The summed E-state index contributed by atoms with van der Waals surface area (Å²) in [6.07, 6.45) is 0.664. The van der Waals surface area contributed by atoms with Gasteiger partial charge in [0.25, 0.3) is 0 Å². The average Bonchev–Trinajstić information content (AvgIpc) is 2.69. The first kappa shape index (κ1) is 12.1. The van der Waals surface area contributed by atoms with Crippen LogP contribution >= 0.6 is 0 Å². The molecule has 1 aliphatic heterocycles. The summed E-state index contributed by atoms with van der Waals surface area (Å²) in [5.41, 5.74) is 1.29. The van der Waals surface area contributed by atoms with E-state index < -0.39 is 0 Å². The Morgan fingerprint density at radius 1 is 1.29 bits per heavy atom. The summed E-state index contributed by atoms with van der Waals surface area (Å²) in [6.45, 7) is 2.65. The lowest BCUT2D eigenvalue weighted by Gasteiger charge is -2.19. The molecule has 0 radical (unpaired) electrons. The van der Waals surface area contributed by atoms with E-state index in [1.165, 1.54) is 5.56 Å². The summed E-state index contributed by atoms with van der Waals surface area (Å²) in [5.74, 6) is 0.673. The van der Waals surface area contributed by atoms with Crippen LogP contribution < -0.4 is 0 Å². The molecule has 1 aromatic rings. The molecule has 0 aliphatic carbocycles. The van der Waals surface area contributed by atoms with E-state index >= 15 is 0 Å². The van der Waals surface area contributed by atoms with Gasteiger partial charge < -0.3 is 9.80 Å². The third-order valence-electron chi connectivity index (χ3n) is 3.30.